The predicted molar refractivity (Wildman–Crippen MR) is 78.8 cm³/mol. The Morgan fingerprint density at radius 2 is 2.05 bits per heavy atom. The Morgan fingerprint density at radius 1 is 1.30 bits per heavy atom. The molecule has 0 fully saturated rings. The molecule has 1 aromatic rings. The predicted octanol–water partition coefficient (Wildman–Crippen LogP) is 1.67. The smallest absolute Gasteiger partial charge is 0.315 e. The molecule has 0 radical (unpaired) electrons. The number of rotatable bonds is 4. The molecule has 0 saturated heterocycles. The molecule has 3 amide bonds. The fourth-order valence-electron chi connectivity index (χ4n) is 2.34. The zero-order valence-corrected chi connectivity index (χ0v) is 12.0. The van der Waals surface area contributed by atoms with Gasteiger partial charge in [-0.15, -0.1) is 0 Å². The molecule has 108 valence electrons. The quantitative estimate of drug-likeness (QED) is 0.878. The van der Waals surface area contributed by atoms with E-state index in [1.807, 2.05) is 38.1 Å². The number of nitrogens with zero attached hydrogens (tertiary/aromatic N) is 1. The number of carbonyl (C=O) groups excluding carboxylic acids is 2. The zero-order valence-electron chi connectivity index (χ0n) is 12.0. The van der Waals surface area contributed by atoms with E-state index in [2.05, 4.69) is 10.6 Å². The van der Waals surface area contributed by atoms with E-state index in [-0.39, 0.29) is 18.0 Å². The van der Waals surface area contributed by atoms with Gasteiger partial charge in [-0.1, -0.05) is 18.2 Å². The van der Waals surface area contributed by atoms with Crippen LogP contribution in [0.2, 0.25) is 0 Å². The van der Waals surface area contributed by atoms with Gasteiger partial charge in [0.25, 0.3) is 0 Å². The molecule has 1 aliphatic heterocycles. The molecule has 0 bridgehead atoms. The lowest BCUT2D eigenvalue weighted by atomic mass is 10.0. The molecule has 5 nitrogen and oxygen atoms in total. The molecule has 5 heteroatoms. The molecule has 1 aliphatic rings. The molecule has 1 aromatic carbocycles. The number of nitrogens with one attached hydrogen (secondary N) is 2. The average molecular weight is 275 g/mol. The van der Waals surface area contributed by atoms with Crippen LogP contribution in [0.4, 0.5) is 10.5 Å². The topological polar surface area (TPSA) is 61.4 Å². The fraction of sp³-hybridized carbons (Fsp3) is 0.467. The summed E-state index contributed by atoms with van der Waals surface area (Å²) in [5, 5.41) is 5.53. The number of benzene rings is 1. The van der Waals surface area contributed by atoms with Crippen LogP contribution in [0.3, 0.4) is 0 Å². The fourth-order valence-corrected chi connectivity index (χ4v) is 2.34. The molecular weight excluding hydrogens is 254 g/mol. The highest BCUT2D eigenvalue weighted by Crippen LogP contribution is 2.26. The average Bonchev–Trinajstić information content (AvgIpc) is 2.40. The Balaban J connectivity index is 1.92. The highest BCUT2D eigenvalue weighted by atomic mass is 16.2. The third kappa shape index (κ3) is 3.50. The van der Waals surface area contributed by atoms with Gasteiger partial charge in [0.15, 0.2) is 0 Å². The molecule has 0 unspecified atom stereocenters. The summed E-state index contributed by atoms with van der Waals surface area (Å²) in [5.74, 6) is 0.120. The standard InChI is InChI=1S/C15H21N3O2/c1-11(2)17-15(20)16-9-10-18-13-6-4-3-5-12(13)7-8-14(18)19/h3-6,11H,7-10H2,1-2H3,(H2,16,17,20). The van der Waals surface area contributed by atoms with Gasteiger partial charge in [0, 0.05) is 31.2 Å². The molecule has 0 aromatic heterocycles. The van der Waals surface area contributed by atoms with E-state index in [0.717, 1.165) is 12.1 Å². The second-order valence-corrected chi connectivity index (χ2v) is 5.23. The first kappa shape index (κ1) is 14.4. The number of hydrogen-bond donors (Lipinski definition) is 2. The van der Waals surface area contributed by atoms with Crippen LogP contribution in [0.5, 0.6) is 0 Å². The second-order valence-electron chi connectivity index (χ2n) is 5.23. The van der Waals surface area contributed by atoms with Crippen molar-refractivity contribution in [2.45, 2.75) is 32.7 Å². The van der Waals surface area contributed by atoms with Gasteiger partial charge in [0.05, 0.1) is 0 Å². The molecule has 1 heterocycles. The minimum absolute atomic E-state index is 0.104. The summed E-state index contributed by atoms with van der Waals surface area (Å²) in [6.45, 7) is 4.76. The van der Waals surface area contributed by atoms with E-state index in [1.165, 1.54) is 5.56 Å². The molecule has 20 heavy (non-hydrogen) atoms. The van der Waals surface area contributed by atoms with Gasteiger partial charge in [0.2, 0.25) is 5.91 Å². The van der Waals surface area contributed by atoms with Crippen molar-refractivity contribution >= 4 is 17.6 Å². The zero-order chi connectivity index (χ0) is 14.5. The summed E-state index contributed by atoms with van der Waals surface area (Å²) in [7, 11) is 0. The number of anilines is 1. The SMILES string of the molecule is CC(C)NC(=O)NCCN1C(=O)CCc2ccccc21. The lowest BCUT2D eigenvalue weighted by Gasteiger charge is -2.29. The molecule has 2 N–H and O–H groups in total. The van der Waals surface area contributed by atoms with Gasteiger partial charge >= 0.3 is 6.03 Å². The minimum atomic E-state index is -0.197. The maximum absolute atomic E-state index is 12.0. The summed E-state index contributed by atoms with van der Waals surface area (Å²) in [5.41, 5.74) is 2.16. The first-order valence-electron chi connectivity index (χ1n) is 7.00. The van der Waals surface area contributed by atoms with Crippen LogP contribution in [-0.2, 0) is 11.2 Å². The van der Waals surface area contributed by atoms with Crippen LogP contribution in [0, 0.1) is 0 Å². The van der Waals surface area contributed by atoms with Crippen molar-refractivity contribution in [3.8, 4) is 0 Å². The number of hydrogen-bond acceptors (Lipinski definition) is 2. The van der Waals surface area contributed by atoms with Gasteiger partial charge in [-0.05, 0) is 31.9 Å². The number of para-hydroxylation sites is 1. The first-order valence-corrected chi connectivity index (χ1v) is 7.00. The maximum atomic E-state index is 12.0. The Kier molecular flexibility index (Phi) is 4.61. The van der Waals surface area contributed by atoms with Crippen molar-refractivity contribution in [1.82, 2.24) is 10.6 Å². The van der Waals surface area contributed by atoms with E-state index >= 15 is 0 Å². The van der Waals surface area contributed by atoms with Crippen molar-refractivity contribution < 1.29 is 9.59 Å². The largest absolute Gasteiger partial charge is 0.336 e. The third-order valence-corrected chi connectivity index (χ3v) is 3.23. The number of amides is 3. The normalized spacial score (nSPS) is 14.2. The maximum Gasteiger partial charge on any atom is 0.315 e. The van der Waals surface area contributed by atoms with Gasteiger partial charge in [-0.2, -0.15) is 0 Å². The Morgan fingerprint density at radius 3 is 2.80 bits per heavy atom. The van der Waals surface area contributed by atoms with E-state index in [4.69, 9.17) is 0 Å². The highest BCUT2D eigenvalue weighted by Gasteiger charge is 2.23. The van der Waals surface area contributed by atoms with E-state index in [0.29, 0.717) is 19.5 Å². The van der Waals surface area contributed by atoms with Crippen LogP contribution in [0.1, 0.15) is 25.8 Å². The Hall–Kier alpha value is -2.04. The summed E-state index contributed by atoms with van der Waals surface area (Å²) >= 11 is 0. The third-order valence-electron chi connectivity index (χ3n) is 3.23. The van der Waals surface area contributed by atoms with Crippen molar-refractivity contribution in [2.24, 2.45) is 0 Å². The summed E-state index contributed by atoms with van der Waals surface area (Å²) in [4.78, 5) is 25.3. The number of urea groups is 1. The van der Waals surface area contributed by atoms with Crippen LogP contribution < -0.4 is 15.5 Å². The number of aryl methyl sites for hydroxylation is 1. The molecule has 0 saturated carbocycles. The van der Waals surface area contributed by atoms with Crippen LogP contribution in [0.25, 0.3) is 0 Å². The number of fused-ring (bicyclic) bond motifs is 1. The van der Waals surface area contributed by atoms with Crippen molar-refractivity contribution in [1.29, 1.82) is 0 Å². The summed E-state index contributed by atoms with van der Waals surface area (Å²) < 4.78 is 0. The summed E-state index contributed by atoms with van der Waals surface area (Å²) in [6, 6.07) is 7.84. The van der Waals surface area contributed by atoms with Crippen molar-refractivity contribution in [2.75, 3.05) is 18.0 Å². The van der Waals surface area contributed by atoms with E-state index in [9.17, 15) is 9.59 Å². The molecule has 2 rings (SSSR count). The van der Waals surface area contributed by atoms with Gasteiger partial charge < -0.3 is 15.5 Å². The highest BCUT2D eigenvalue weighted by molar-refractivity contribution is 5.96. The van der Waals surface area contributed by atoms with Crippen LogP contribution in [-0.4, -0.2) is 31.1 Å². The van der Waals surface area contributed by atoms with Crippen molar-refractivity contribution in [3.63, 3.8) is 0 Å². The van der Waals surface area contributed by atoms with Gasteiger partial charge in [-0.3, -0.25) is 4.79 Å². The van der Waals surface area contributed by atoms with Gasteiger partial charge in [0.1, 0.15) is 0 Å². The lowest BCUT2D eigenvalue weighted by molar-refractivity contribution is -0.118. The molecule has 0 spiro atoms. The molecule has 0 atom stereocenters. The van der Waals surface area contributed by atoms with Gasteiger partial charge in [-0.25, -0.2) is 4.79 Å². The molecule has 0 aliphatic carbocycles. The van der Waals surface area contributed by atoms with Crippen LogP contribution in [0.15, 0.2) is 24.3 Å². The van der Waals surface area contributed by atoms with E-state index < -0.39 is 0 Å². The number of carbonyl (C=O) groups is 2. The second kappa shape index (κ2) is 6.41. The Bertz CT molecular complexity index is 500. The molecular formula is C15H21N3O2. The Labute approximate surface area is 119 Å². The summed E-state index contributed by atoms with van der Waals surface area (Å²) in [6.07, 6.45) is 1.34. The minimum Gasteiger partial charge on any atom is -0.336 e. The lowest BCUT2D eigenvalue weighted by Crippen LogP contribution is -2.45. The van der Waals surface area contributed by atoms with Crippen molar-refractivity contribution in [3.05, 3.63) is 29.8 Å². The first-order chi connectivity index (χ1) is 9.58. The van der Waals surface area contributed by atoms with Crippen LogP contribution >= 0.6 is 0 Å². The van der Waals surface area contributed by atoms with E-state index in [1.54, 1.807) is 4.90 Å². The monoisotopic (exact) mass is 275 g/mol.